The molecule has 1 unspecified atom stereocenters. The number of hydrogen-bond donors (Lipinski definition) is 1. The number of nitrogens with one attached hydrogen (secondary N) is 1. The van der Waals surface area contributed by atoms with Gasteiger partial charge in [0.1, 0.15) is 0 Å². The molecule has 1 aromatic carbocycles. The zero-order valence-electron chi connectivity index (χ0n) is 11.9. The van der Waals surface area contributed by atoms with Gasteiger partial charge in [-0.25, -0.2) is 0 Å². The zero-order chi connectivity index (χ0) is 14.3. The molecule has 0 aliphatic carbocycles. The van der Waals surface area contributed by atoms with Gasteiger partial charge in [0.2, 0.25) is 5.91 Å². The summed E-state index contributed by atoms with van der Waals surface area (Å²) < 4.78 is 1.08. The van der Waals surface area contributed by atoms with Crippen LogP contribution in [0.1, 0.15) is 18.9 Å². The van der Waals surface area contributed by atoms with Crippen LogP contribution < -0.4 is 5.32 Å². The summed E-state index contributed by atoms with van der Waals surface area (Å²) in [6.45, 7) is 3.65. The quantitative estimate of drug-likeness (QED) is 0.835. The monoisotopic (exact) mass is 326 g/mol. The Labute approximate surface area is 124 Å². The maximum absolute atomic E-state index is 12.4. The number of carbonyl (C=O) groups is 1. The third-order valence-corrected chi connectivity index (χ3v) is 4.11. The Morgan fingerprint density at radius 3 is 2.68 bits per heavy atom. The first kappa shape index (κ1) is 16.2. The zero-order valence-corrected chi connectivity index (χ0v) is 13.5. The van der Waals surface area contributed by atoms with Gasteiger partial charge in [-0.15, -0.1) is 0 Å². The van der Waals surface area contributed by atoms with Crippen LogP contribution in [0.3, 0.4) is 0 Å². The first-order valence-corrected chi connectivity index (χ1v) is 7.52. The van der Waals surface area contributed by atoms with Crippen molar-refractivity contribution in [2.24, 2.45) is 5.92 Å². The summed E-state index contributed by atoms with van der Waals surface area (Å²) in [7, 11) is 3.78. The summed E-state index contributed by atoms with van der Waals surface area (Å²) in [5.41, 5.74) is 1.20. The Morgan fingerprint density at radius 1 is 1.42 bits per heavy atom. The number of benzene rings is 1. The predicted molar refractivity (Wildman–Crippen MR) is 83.2 cm³/mol. The van der Waals surface area contributed by atoms with Crippen LogP contribution in [0.4, 0.5) is 0 Å². The number of hydrogen-bond acceptors (Lipinski definition) is 2. The Kier molecular flexibility index (Phi) is 7.10. The van der Waals surface area contributed by atoms with Crippen molar-refractivity contribution in [3.63, 3.8) is 0 Å². The van der Waals surface area contributed by atoms with E-state index in [9.17, 15) is 4.79 Å². The summed E-state index contributed by atoms with van der Waals surface area (Å²) in [5.74, 6) is 0.286. The Balaban J connectivity index is 2.67. The Morgan fingerprint density at radius 2 is 2.11 bits per heavy atom. The second-order valence-corrected chi connectivity index (χ2v) is 5.62. The highest BCUT2D eigenvalue weighted by Gasteiger charge is 2.21. The van der Waals surface area contributed by atoms with E-state index in [4.69, 9.17) is 0 Å². The van der Waals surface area contributed by atoms with E-state index < -0.39 is 0 Å². The number of carbonyl (C=O) groups excluding carboxylic acids is 1. The molecule has 1 aromatic rings. The van der Waals surface area contributed by atoms with Crippen LogP contribution in [0.5, 0.6) is 0 Å². The van der Waals surface area contributed by atoms with Crippen molar-refractivity contribution in [1.29, 1.82) is 0 Å². The number of halogens is 1. The highest BCUT2D eigenvalue weighted by atomic mass is 79.9. The molecule has 1 amide bonds. The second kappa shape index (κ2) is 8.33. The van der Waals surface area contributed by atoms with Crippen LogP contribution in [-0.4, -0.2) is 38.0 Å². The van der Waals surface area contributed by atoms with Gasteiger partial charge in [-0.2, -0.15) is 0 Å². The van der Waals surface area contributed by atoms with E-state index in [1.165, 1.54) is 5.56 Å². The number of nitrogens with zero attached hydrogens (tertiary/aromatic N) is 1. The number of rotatable bonds is 7. The van der Waals surface area contributed by atoms with Gasteiger partial charge in [-0.1, -0.05) is 41.1 Å². The van der Waals surface area contributed by atoms with Gasteiger partial charge in [0.05, 0.1) is 0 Å². The van der Waals surface area contributed by atoms with E-state index in [0.29, 0.717) is 0 Å². The lowest BCUT2D eigenvalue weighted by molar-refractivity contribution is -0.134. The fourth-order valence-electron chi connectivity index (χ4n) is 2.04. The molecule has 0 fully saturated rings. The summed E-state index contributed by atoms with van der Waals surface area (Å²) in [6.07, 6.45) is 1.66. The van der Waals surface area contributed by atoms with Crippen LogP contribution in [0.2, 0.25) is 0 Å². The average Bonchev–Trinajstić information content (AvgIpc) is 2.43. The van der Waals surface area contributed by atoms with Crippen molar-refractivity contribution < 1.29 is 4.79 Å². The van der Waals surface area contributed by atoms with E-state index in [0.717, 1.165) is 30.4 Å². The maximum Gasteiger partial charge on any atom is 0.225 e. The third kappa shape index (κ3) is 4.96. The summed E-state index contributed by atoms with van der Waals surface area (Å²) >= 11 is 3.55. The topological polar surface area (TPSA) is 32.3 Å². The highest BCUT2D eigenvalue weighted by molar-refractivity contribution is 9.10. The van der Waals surface area contributed by atoms with Gasteiger partial charge in [-0.05, 0) is 31.5 Å². The normalized spacial score (nSPS) is 12.2. The molecule has 0 aliphatic rings. The van der Waals surface area contributed by atoms with Gasteiger partial charge < -0.3 is 10.2 Å². The molecule has 0 aromatic heterocycles. The minimum Gasteiger partial charge on any atom is -0.344 e. The van der Waals surface area contributed by atoms with Crippen molar-refractivity contribution in [1.82, 2.24) is 10.2 Å². The van der Waals surface area contributed by atoms with Crippen LogP contribution in [-0.2, 0) is 11.2 Å². The molecule has 1 N–H and O–H groups in total. The first-order valence-electron chi connectivity index (χ1n) is 6.73. The molecule has 0 bridgehead atoms. The molecule has 1 rings (SSSR count). The number of likely N-dealkylation sites (N-methyl/N-ethyl adjacent to an activating group) is 2. The van der Waals surface area contributed by atoms with Gasteiger partial charge in [0, 0.05) is 30.5 Å². The van der Waals surface area contributed by atoms with E-state index >= 15 is 0 Å². The summed E-state index contributed by atoms with van der Waals surface area (Å²) in [4.78, 5) is 14.2. The molecule has 0 saturated carbocycles. The average molecular weight is 327 g/mol. The minimum absolute atomic E-state index is 0.0561. The molecule has 3 nitrogen and oxygen atoms in total. The smallest absolute Gasteiger partial charge is 0.225 e. The highest BCUT2D eigenvalue weighted by Crippen LogP contribution is 2.21. The standard InChI is InChI=1S/C15H23BrN2O/c1-4-12(15(19)18(3)10-9-17-2)11-13-7-5-6-8-14(13)16/h5-8,12,17H,4,9-11H2,1-3H3. The van der Waals surface area contributed by atoms with E-state index in [-0.39, 0.29) is 11.8 Å². The molecule has 1 atom stereocenters. The van der Waals surface area contributed by atoms with Crippen molar-refractivity contribution in [2.75, 3.05) is 27.2 Å². The molecule has 0 aliphatic heterocycles. The maximum atomic E-state index is 12.4. The van der Waals surface area contributed by atoms with Gasteiger partial charge in [-0.3, -0.25) is 4.79 Å². The molecular formula is C15H23BrN2O. The lowest BCUT2D eigenvalue weighted by Gasteiger charge is -2.23. The molecule has 4 heteroatoms. The van der Waals surface area contributed by atoms with Crippen LogP contribution in [0, 0.1) is 5.92 Å². The van der Waals surface area contributed by atoms with Crippen molar-refractivity contribution in [3.8, 4) is 0 Å². The first-order chi connectivity index (χ1) is 9.10. The molecule has 19 heavy (non-hydrogen) atoms. The van der Waals surface area contributed by atoms with Gasteiger partial charge >= 0.3 is 0 Å². The molecule has 0 radical (unpaired) electrons. The van der Waals surface area contributed by atoms with Crippen molar-refractivity contribution >= 4 is 21.8 Å². The molecule has 0 saturated heterocycles. The SMILES string of the molecule is CCC(Cc1ccccc1Br)C(=O)N(C)CCNC. The van der Waals surface area contributed by atoms with E-state index in [1.54, 1.807) is 0 Å². The Bertz CT molecular complexity index is 409. The molecule has 0 heterocycles. The van der Waals surface area contributed by atoms with Crippen molar-refractivity contribution in [2.45, 2.75) is 19.8 Å². The number of amides is 1. The Hall–Kier alpha value is -0.870. The van der Waals surface area contributed by atoms with E-state index in [2.05, 4.69) is 34.2 Å². The molecule has 106 valence electrons. The van der Waals surface area contributed by atoms with E-state index in [1.807, 2.05) is 37.2 Å². The van der Waals surface area contributed by atoms with Gasteiger partial charge in [0.25, 0.3) is 0 Å². The van der Waals surface area contributed by atoms with Crippen LogP contribution in [0.15, 0.2) is 28.7 Å². The van der Waals surface area contributed by atoms with Crippen LogP contribution in [0.25, 0.3) is 0 Å². The van der Waals surface area contributed by atoms with Gasteiger partial charge in [0.15, 0.2) is 0 Å². The fourth-order valence-corrected chi connectivity index (χ4v) is 2.48. The third-order valence-electron chi connectivity index (χ3n) is 3.34. The predicted octanol–water partition coefficient (Wildman–Crippen LogP) is 2.70. The largest absolute Gasteiger partial charge is 0.344 e. The summed E-state index contributed by atoms with van der Waals surface area (Å²) in [5, 5.41) is 3.07. The summed E-state index contributed by atoms with van der Waals surface area (Å²) in [6, 6.07) is 8.11. The minimum atomic E-state index is 0.0561. The fraction of sp³-hybridized carbons (Fsp3) is 0.533. The van der Waals surface area contributed by atoms with Crippen LogP contribution >= 0.6 is 15.9 Å². The lowest BCUT2D eigenvalue weighted by atomic mass is 9.95. The second-order valence-electron chi connectivity index (χ2n) is 4.76. The molecule has 0 spiro atoms. The molecular weight excluding hydrogens is 304 g/mol. The lowest BCUT2D eigenvalue weighted by Crippen LogP contribution is -2.37. The van der Waals surface area contributed by atoms with Crippen molar-refractivity contribution in [3.05, 3.63) is 34.3 Å².